The summed E-state index contributed by atoms with van der Waals surface area (Å²) >= 11 is 0. The van der Waals surface area contributed by atoms with Gasteiger partial charge in [-0.05, 0) is 106 Å². The normalized spacial score (nSPS) is 53.1. The number of hydrogen-bond donors (Lipinski definition) is 1. The topological polar surface area (TPSA) is 29.3 Å². The molecule has 4 atom stereocenters. The third-order valence-electron chi connectivity index (χ3n) is 9.80. The van der Waals surface area contributed by atoms with Gasteiger partial charge >= 0.3 is 0 Å². The molecule has 0 heterocycles. The molecule has 146 valence electrons. The monoisotopic (exact) mass is 356 g/mol. The van der Waals surface area contributed by atoms with Crippen molar-refractivity contribution in [3.8, 4) is 0 Å². The van der Waals surface area contributed by atoms with Gasteiger partial charge in [-0.25, -0.2) is 0 Å². The van der Waals surface area contributed by atoms with Gasteiger partial charge in [-0.15, -0.1) is 0 Å². The highest BCUT2D eigenvalue weighted by molar-refractivity contribution is 5.07. The van der Waals surface area contributed by atoms with Gasteiger partial charge in [-0.3, -0.25) is 4.90 Å². The lowest BCUT2D eigenvalue weighted by Gasteiger charge is -2.59. The fraction of sp³-hybridized carbons (Fsp3) is 1.00. The molecule has 7 aliphatic rings. The zero-order valence-electron chi connectivity index (χ0n) is 16.7. The summed E-state index contributed by atoms with van der Waals surface area (Å²) < 4.78 is 0. The van der Waals surface area contributed by atoms with E-state index in [-0.39, 0.29) is 0 Å². The molecule has 7 rings (SSSR count). The Kier molecular flexibility index (Phi) is 4.02. The molecule has 2 nitrogen and oxygen atoms in total. The van der Waals surface area contributed by atoms with Gasteiger partial charge in [0.15, 0.2) is 0 Å². The third kappa shape index (κ3) is 2.81. The molecule has 2 N–H and O–H groups in total. The molecule has 7 aliphatic carbocycles. The van der Waals surface area contributed by atoms with Gasteiger partial charge in [-0.1, -0.05) is 19.3 Å². The van der Waals surface area contributed by atoms with Crippen LogP contribution in [0.25, 0.3) is 0 Å². The van der Waals surface area contributed by atoms with Crippen molar-refractivity contribution >= 4 is 0 Å². The molecule has 0 aromatic carbocycles. The molecule has 0 amide bonds. The van der Waals surface area contributed by atoms with Crippen LogP contribution < -0.4 is 5.73 Å². The highest BCUT2D eigenvalue weighted by Crippen LogP contribution is 2.61. The molecule has 4 bridgehead atoms. The van der Waals surface area contributed by atoms with E-state index >= 15 is 0 Å². The minimum absolute atomic E-state index is 0.462. The van der Waals surface area contributed by atoms with E-state index in [1.165, 1.54) is 57.9 Å². The van der Waals surface area contributed by atoms with E-state index in [0.717, 1.165) is 41.7 Å². The van der Waals surface area contributed by atoms with Crippen LogP contribution in [0.1, 0.15) is 89.9 Å². The van der Waals surface area contributed by atoms with Crippen LogP contribution in [-0.2, 0) is 0 Å². The standard InChI is InChI=1S/C24H40N2/c25-22-8-5-19-3-1-2-4-21(19)23(22)26(20-6-7-20)15-24-12-16-9-17(13-24)11-18(10-16)14-24/h16-23H,1-15,25H2. The SMILES string of the molecule is NC1CCC2CCCCC2C1N(CC12CC3CC(CC(C3)C1)C2)C1CC1. The lowest BCUT2D eigenvalue weighted by atomic mass is 9.49. The first-order chi connectivity index (χ1) is 12.7. The summed E-state index contributed by atoms with van der Waals surface area (Å²) in [4.78, 5) is 3.07. The predicted molar refractivity (Wildman–Crippen MR) is 107 cm³/mol. The maximum Gasteiger partial charge on any atom is 0.0281 e. The van der Waals surface area contributed by atoms with E-state index < -0.39 is 0 Å². The van der Waals surface area contributed by atoms with Crippen molar-refractivity contribution in [1.29, 1.82) is 0 Å². The number of nitrogens with two attached hydrogens (primary N) is 1. The smallest absolute Gasteiger partial charge is 0.0281 e. The van der Waals surface area contributed by atoms with Crippen molar-refractivity contribution in [2.45, 2.75) is 108 Å². The van der Waals surface area contributed by atoms with Crippen LogP contribution in [0.15, 0.2) is 0 Å². The molecule has 7 fully saturated rings. The fourth-order valence-corrected chi connectivity index (χ4v) is 9.19. The number of rotatable bonds is 4. The van der Waals surface area contributed by atoms with E-state index in [0.29, 0.717) is 11.5 Å². The summed E-state index contributed by atoms with van der Waals surface area (Å²) in [6.45, 7) is 1.43. The van der Waals surface area contributed by atoms with E-state index in [2.05, 4.69) is 4.90 Å². The molecule has 0 aromatic rings. The van der Waals surface area contributed by atoms with Gasteiger partial charge in [0.1, 0.15) is 0 Å². The molecule has 0 aliphatic heterocycles. The lowest BCUT2D eigenvalue weighted by Crippen LogP contribution is -2.61. The summed E-state index contributed by atoms with van der Waals surface area (Å²) in [7, 11) is 0. The van der Waals surface area contributed by atoms with Crippen LogP contribution in [0.5, 0.6) is 0 Å². The van der Waals surface area contributed by atoms with Crippen LogP contribution in [0.4, 0.5) is 0 Å². The molecule has 2 heteroatoms. The maximum absolute atomic E-state index is 6.88. The summed E-state index contributed by atoms with van der Waals surface area (Å²) in [5.74, 6) is 5.20. The average Bonchev–Trinajstić information content (AvgIpc) is 3.44. The minimum Gasteiger partial charge on any atom is -0.326 e. The van der Waals surface area contributed by atoms with E-state index in [1.807, 2.05) is 0 Å². The Hall–Kier alpha value is -0.0800. The van der Waals surface area contributed by atoms with Crippen LogP contribution in [0, 0.1) is 35.0 Å². The van der Waals surface area contributed by atoms with Gasteiger partial charge in [-0.2, -0.15) is 0 Å². The third-order valence-corrected chi connectivity index (χ3v) is 9.80. The van der Waals surface area contributed by atoms with Gasteiger partial charge in [0, 0.05) is 24.7 Å². The molecule has 0 radical (unpaired) electrons. The molecule has 26 heavy (non-hydrogen) atoms. The Balaban J connectivity index is 1.27. The number of hydrogen-bond acceptors (Lipinski definition) is 2. The Bertz CT molecular complexity index is 503. The fourth-order valence-electron chi connectivity index (χ4n) is 9.19. The van der Waals surface area contributed by atoms with Crippen LogP contribution in [0.3, 0.4) is 0 Å². The quantitative estimate of drug-likeness (QED) is 0.771. The summed E-state index contributed by atoms with van der Waals surface area (Å²) in [5, 5.41) is 0. The van der Waals surface area contributed by atoms with E-state index in [1.54, 1.807) is 38.5 Å². The summed E-state index contributed by atoms with van der Waals surface area (Å²) in [6, 6.07) is 2.10. The Morgan fingerprint density at radius 3 is 2.08 bits per heavy atom. The van der Waals surface area contributed by atoms with Crippen LogP contribution in [0.2, 0.25) is 0 Å². The first-order valence-electron chi connectivity index (χ1n) is 12.2. The summed E-state index contributed by atoms with van der Waals surface area (Å²) in [6.07, 6.45) is 21.0. The Labute approximate surface area is 160 Å². The summed E-state index contributed by atoms with van der Waals surface area (Å²) in [5.41, 5.74) is 7.57. The first kappa shape index (κ1) is 16.8. The first-order valence-corrected chi connectivity index (χ1v) is 12.2. The lowest BCUT2D eigenvalue weighted by molar-refractivity contribution is -0.0890. The van der Waals surface area contributed by atoms with Crippen LogP contribution in [-0.4, -0.2) is 29.6 Å². The van der Waals surface area contributed by atoms with Gasteiger partial charge in [0.25, 0.3) is 0 Å². The highest BCUT2D eigenvalue weighted by Gasteiger charge is 2.54. The number of fused-ring (bicyclic) bond motifs is 1. The van der Waals surface area contributed by atoms with Crippen molar-refractivity contribution in [1.82, 2.24) is 4.90 Å². The van der Waals surface area contributed by atoms with Gasteiger partial charge in [0.05, 0.1) is 0 Å². The maximum atomic E-state index is 6.88. The second kappa shape index (κ2) is 6.21. The van der Waals surface area contributed by atoms with Crippen molar-refractivity contribution in [3.63, 3.8) is 0 Å². The van der Waals surface area contributed by atoms with Crippen molar-refractivity contribution in [2.24, 2.45) is 40.7 Å². The molecule has 7 saturated carbocycles. The zero-order valence-corrected chi connectivity index (χ0v) is 16.7. The Morgan fingerprint density at radius 1 is 0.769 bits per heavy atom. The van der Waals surface area contributed by atoms with Crippen molar-refractivity contribution < 1.29 is 0 Å². The predicted octanol–water partition coefficient (Wildman–Crippen LogP) is 4.96. The van der Waals surface area contributed by atoms with Crippen molar-refractivity contribution in [2.75, 3.05) is 6.54 Å². The molecule has 0 saturated heterocycles. The second-order valence-corrected chi connectivity index (χ2v) is 11.8. The number of nitrogens with zero attached hydrogens (tertiary/aromatic N) is 1. The molecule has 0 spiro atoms. The molecular weight excluding hydrogens is 316 g/mol. The second-order valence-electron chi connectivity index (χ2n) is 11.8. The van der Waals surface area contributed by atoms with Gasteiger partial charge < -0.3 is 5.73 Å². The van der Waals surface area contributed by atoms with E-state index in [9.17, 15) is 0 Å². The molecular formula is C24H40N2. The molecule has 4 unspecified atom stereocenters. The van der Waals surface area contributed by atoms with Gasteiger partial charge in [0.2, 0.25) is 0 Å². The van der Waals surface area contributed by atoms with Crippen molar-refractivity contribution in [3.05, 3.63) is 0 Å². The van der Waals surface area contributed by atoms with E-state index in [4.69, 9.17) is 5.73 Å². The Morgan fingerprint density at radius 2 is 1.42 bits per heavy atom. The minimum atomic E-state index is 0.462. The highest BCUT2D eigenvalue weighted by atomic mass is 15.2. The van der Waals surface area contributed by atoms with Crippen LogP contribution >= 0.6 is 0 Å². The average molecular weight is 357 g/mol. The largest absolute Gasteiger partial charge is 0.326 e. The zero-order chi connectivity index (χ0) is 17.3. The molecule has 0 aromatic heterocycles.